The normalized spacial score (nSPS) is 12.2. The highest BCUT2D eigenvalue weighted by Crippen LogP contribution is 2.27. The van der Waals surface area contributed by atoms with Crippen molar-refractivity contribution in [2.24, 2.45) is 0 Å². The lowest BCUT2D eigenvalue weighted by Gasteiger charge is -2.26. The van der Waals surface area contributed by atoms with Crippen LogP contribution in [0.15, 0.2) is 36.7 Å². The quantitative estimate of drug-likeness (QED) is 0.845. The monoisotopic (exact) mass is 261 g/mol. The van der Waals surface area contributed by atoms with Crippen molar-refractivity contribution in [1.29, 1.82) is 0 Å². The zero-order valence-electron chi connectivity index (χ0n) is 10.8. The van der Waals surface area contributed by atoms with Crippen LogP contribution < -0.4 is 4.90 Å². The Kier molecular flexibility index (Phi) is 3.82. The molecule has 0 amide bonds. The number of hydrogen-bond donors (Lipinski definition) is 0. The maximum atomic E-state index is 6.06. The van der Waals surface area contributed by atoms with Crippen molar-refractivity contribution in [1.82, 2.24) is 9.97 Å². The third-order valence-corrected chi connectivity index (χ3v) is 3.38. The lowest BCUT2D eigenvalue weighted by molar-refractivity contribution is 0.726. The molecule has 0 saturated heterocycles. The van der Waals surface area contributed by atoms with Gasteiger partial charge in [-0.25, -0.2) is 9.97 Å². The number of halogens is 1. The average Bonchev–Trinajstić information content (AvgIpc) is 2.38. The minimum absolute atomic E-state index is 0.194. The van der Waals surface area contributed by atoms with Gasteiger partial charge in [-0.15, -0.1) is 0 Å². The van der Waals surface area contributed by atoms with E-state index in [9.17, 15) is 0 Å². The van der Waals surface area contributed by atoms with E-state index in [1.165, 1.54) is 11.1 Å². The lowest BCUT2D eigenvalue weighted by atomic mass is 10.1. The second-order valence-corrected chi connectivity index (χ2v) is 4.73. The lowest BCUT2D eigenvalue weighted by Crippen LogP contribution is -2.23. The van der Waals surface area contributed by atoms with Crippen LogP contribution in [0.25, 0.3) is 0 Å². The van der Waals surface area contributed by atoms with Crippen LogP contribution in [-0.4, -0.2) is 17.0 Å². The number of aromatic nitrogens is 2. The molecule has 0 aliphatic carbocycles. The summed E-state index contributed by atoms with van der Waals surface area (Å²) in [5.74, 6) is 0.701. The Morgan fingerprint density at radius 1 is 1.11 bits per heavy atom. The largest absolute Gasteiger partial charge is 0.350 e. The van der Waals surface area contributed by atoms with Crippen molar-refractivity contribution in [2.45, 2.75) is 19.9 Å². The Morgan fingerprint density at radius 2 is 1.72 bits per heavy atom. The fourth-order valence-corrected chi connectivity index (χ4v) is 2.04. The fourth-order valence-electron chi connectivity index (χ4n) is 1.80. The summed E-state index contributed by atoms with van der Waals surface area (Å²) in [6.07, 6.45) is 3.25. The van der Waals surface area contributed by atoms with Crippen molar-refractivity contribution in [3.05, 3.63) is 52.9 Å². The molecule has 2 aromatic rings. The van der Waals surface area contributed by atoms with Gasteiger partial charge in [0.2, 0.25) is 0 Å². The molecule has 94 valence electrons. The molecule has 1 atom stereocenters. The fraction of sp³-hybridized carbons (Fsp3) is 0.286. The van der Waals surface area contributed by atoms with E-state index in [1.807, 2.05) is 11.9 Å². The zero-order chi connectivity index (χ0) is 13.1. The summed E-state index contributed by atoms with van der Waals surface area (Å²) >= 11 is 6.06. The molecule has 0 spiro atoms. The van der Waals surface area contributed by atoms with E-state index in [1.54, 1.807) is 12.4 Å². The summed E-state index contributed by atoms with van der Waals surface area (Å²) in [7, 11) is 1.97. The maximum absolute atomic E-state index is 6.06. The summed E-state index contributed by atoms with van der Waals surface area (Å²) in [6.45, 7) is 4.20. The first-order chi connectivity index (χ1) is 8.59. The van der Waals surface area contributed by atoms with Crippen LogP contribution in [0.5, 0.6) is 0 Å². The van der Waals surface area contributed by atoms with Crippen molar-refractivity contribution in [2.75, 3.05) is 11.9 Å². The van der Waals surface area contributed by atoms with Crippen LogP contribution in [-0.2, 0) is 0 Å². The van der Waals surface area contributed by atoms with Gasteiger partial charge in [-0.1, -0.05) is 41.4 Å². The van der Waals surface area contributed by atoms with Gasteiger partial charge in [0, 0.05) is 19.4 Å². The van der Waals surface area contributed by atoms with Gasteiger partial charge in [0.05, 0.1) is 6.04 Å². The number of anilines is 1. The van der Waals surface area contributed by atoms with Gasteiger partial charge in [0.25, 0.3) is 0 Å². The Labute approximate surface area is 112 Å². The average molecular weight is 262 g/mol. The molecular weight excluding hydrogens is 246 g/mol. The second-order valence-electron chi connectivity index (χ2n) is 4.37. The molecule has 3 nitrogen and oxygen atoms in total. The summed E-state index contributed by atoms with van der Waals surface area (Å²) in [6, 6.07) is 8.66. The van der Waals surface area contributed by atoms with Crippen LogP contribution in [0.4, 0.5) is 5.82 Å². The van der Waals surface area contributed by atoms with E-state index in [0.29, 0.717) is 11.0 Å². The molecule has 1 aromatic heterocycles. The molecule has 18 heavy (non-hydrogen) atoms. The molecule has 0 radical (unpaired) electrons. The van der Waals surface area contributed by atoms with E-state index in [-0.39, 0.29) is 6.04 Å². The minimum Gasteiger partial charge on any atom is -0.350 e. The summed E-state index contributed by atoms with van der Waals surface area (Å²) in [4.78, 5) is 10.4. The van der Waals surface area contributed by atoms with Crippen LogP contribution in [0, 0.1) is 6.92 Å². The zero-order valence-corrected chi connectivity index (χ0v) is 11.5. The first-order valence-corrected chi connectivity index (χ1v) is 6.23. The summed E-state index contributed by atoms with van der Waals surface area (Å²) in [5.41, 5.74) is 2.48. The minimum atomic E-state index is 0.194. The SMILES string of the molecule is Cc1ccc(C(C)N(C)c2nccnc2Cl)cc1. The third kappa shape index (κ3) is 2.62. The molecular formula is C14H16ClN3. The van der Waals surface area contributed by atoms with Crippen LogP contribution in [0.3, 0.4) is 0 Å². The van der Waals surface area contributed by atoms with E-state index in [0.717, 1.165) is 0 Å². The molecule has 1 heterocycles. The number of benzene rings is 1. The van der Waals surface area contributed by atoms with E-state index in [4.69, 9.17) is 11.6 Å². The number of nitrogens with zero attached hydrogens (tertiary/aromatic N) is 3. The Morgan fingerprint density at radius 3 is 2.33 bits per heavy atom. The number of rotatable bonds is 3. The molecule has 0 N–H and O–H groups in total. The molecule has 0 bridgehead atoms. The van der Waals surface area contributed by atoms with Crippen molar-refractivity contribution in [3.63, 3.8) is 0 Å². The first kappa shape index (κ1) is 12.8. The Hall–Kier alpha value is -1.61. The highest BCUT2D eigenvalue weighted by Gasteiger charge is 2.16. The van der Waals surface area contributed by atoms with E-state index >= 15 is 0 Å². The van der Waals surface area contributed by atoms with Gasteiger partial charge >= 0.3 is 0 Å². The second kappa shape index (κ2) is 5.36. The van der Waals surface area contributed by atoms with Crippen molar-refractivity contribution in [3.8, 4) is 0 Å². The summed E-state index contributed by atoms with van der Waals surface area (Å²) in [5, 5.41) is 0.430. The van der Waals surface area contributed by atoms with Gasteiger partial charge in [0.15, 0.2) is 11.0 Å². The highest BCUT2D eigenvalue weighted by molar-refractivity contribution is 6.31. The Bertz CT molecular complexity index is 525. The van der Waals surface area contributed by atoms with Gasteiger partial charge in [-0.2, -0.15) is 0 Å². The molecule has 2 rings (SSSR count). The molecule has 0 saturated carbocycles. The third-order valence-electron chi connectivity index (χ3n) is 3.11. The molecule has 0 aliphatic rings. The van der Waals surface area contributed by atoms with Crippen LogP contribution >= 0.6 is 11.6 Å². The number of hydrogen-bond acceptors (Lipinski definition) is 3. The van der Waals surface area contributed by atoms with Gasteiger partial charge in [0.1, 0.15) is 0 Å². The van der Waals surface area contributed by atoms with Crippen LogP contribution in [0.1, 0.15) is 24.1 Å². The van der Waals surface area contributed by atoms with Crippen molar-refractivity contribution >= 4 is 17.4 Å². The summed E-state index contributed by atoms with van der Waals surface area (Å²) < 4.78 is 0. The molecule has 1 unspecified atom stereocenters. The van der Waals surface area contributed by atoms with Gasteiger partial charge < -0.3 is 4.90 Å². The standard InChI is InChI=1S/C14H16ClN3/c1-10-4-6-12(7-5-10)11(2)18(3)14-13(15)16-8-9-17-14/h4-9,11H,1-3H3. The smallest absolute Gasteiger partial charge is 0.171 e. The van der Waals surface area contributed by atoms with E-state index < -0.39 is 0 Å². The van der Waals surface area contributed by atoms with Crippen LogP contribution in [0.2, 0.25) is 5.15 Å². The predicted octanol–water partition coefficient (Wildman–Crippen LogP) is 3.64. The molecule has 0 fully saturated rings. The molecule has 4 heteroatoms. The Balaban J connectivity index is 2.26. The molecule has 1 aromatic carbocycles. The van der Waals surface area contributed by atoms with E-state index in [2.05, 4.69) is 48.1 Å². The molecule has 0 aliphatic heterocycles. The van der Waals surface area contributed by atoms with Gasteiger partial charge in [-0.05, 0) is 19.4 Å². The number of aryl methyl sites for hydroxylation is 1. The maximum Gasteiger partial charge on any atom is 0.171 e. The topological polar surface area (TPSA) is 29.0 Å². The predicted molar refractivity (Wildman–Crippen MR) is 75.0 cm³/mol. The van der Waals surface area contributed by atoms with Gasteiger partial charge in [-0.3, -0.25) is 0 Å². The first-order valence-electron chi connectivity index (χ1n) is 5.85. The van der Waals surface area contributed by atoms with Crippen molar-refractivity contribution < 1.29 is 0 Å². The highest BCUT2D eigenvalue weighted by atomic mass is 35.5.